The lowest BCUT2D eigenvalue weighted by Crippen LogP contribution is -2.38. The summed E-state index contributed by atoms with van der Waals surface area (Å²) in [7, 11) is 1.94. The predicted molar refractivity (Wildman–Crippen MR) is 87.6 cm³/mol. The van der Waals surface area contributed by atoms with Gasteiger partial charge in [-0.3, -0.25) is 4.79 Å². The van der Waals surface area contributed by atoms with Gasteiger partial charge < -0.3 is 10.6 Å². The fourth-order valence-corrected chi connectivity index (χ4v) is 3.28. The van der Waals surface area contributed by atoms with Crippen molar-refractivity contribution in [2.24, 2.45) is 5.92 Å². The van der Waals surface area contributed by atoms with Crippen LogP contribution in [0.15, 0.2) is 24.3 Å². The summed E-state index contributed by atoms with van der Waals surface area (Å²) in [6.07, 6.45) is 6.95. The van der Waals surface area contributed by atoms with E-state index in [2.05, 4.69) is 23.6 Å². The van der Waals surface area contributed by atoms with Gasteiger partial charge in [0.15, 0.2) is 0 Å². The molecule has 2 N–H and O–H groups in total. The molecule has 0 radical (unpaired) electrons. The van der Waals surface area contributed by atoms with Crippen LogP contribution in [0.2, 0.25) is 0 Å². The molecule has 1 aromatic rings. The van der Waals surface area contributed by atoms with Crippen molar-refractivity contribution in [2.75, 3.05) is 13.6 Å². The molecule has 1 aliphatic rings. The van der Waals surface area contributed by atoms with Crippen LogP contribution in [0.1, 0.15) is 54.9 Å². The first-order valence-corrected chi connectivity index (χ1v) is 8.28. The summed E-state index contributed by atoms with van der Waals surface area (Å²) in [5, 5.41) is 6.40. The third kappa shape index (κ3) is 4.57. The van der Waals surface area contributed by atoms with Gasteiger partial charge in [-0.25, -0.2) is 0 Å². The second-order valence-corrected chi connectivity index (χ2v) is 6.12. The molecular formula is C18H28N2O. The summed E-state index contributed by atoms with van der Waals surface area (Å²) < 4.78 is 0. The van der Waals surface area contributed by atoms with Crippen molar-refractivity contribution in [3.8, 4) is 0 Å². The van der Waals surface area contributed by atoms with E-state index >= 15 is 0 Å². The predicted octanol–water partition coefficient (Wildman–Crippen LogP) is 3.15. The standard InChI is InChI=1S/C18H28N2O/c1-3-14-7-6-9-16(13-14)20-18(21)17-10-5-4-8-15(17)11-12-19-2/h4-5,8,10,14,16,19H,3,6-7,9,11-13H2,1-2H3,(H,20,21). The molecule has 116 valence electrons. The summed E-state index contributed by atoms with van der Waals surface area (Å²) in [6.45, 7) is 3.15. The van der Waals surface area contributed by atoms with Gasteiger partial charge in [0.1, 0.15) is 0 Å². The third-order valence-corrected chi connectivity index (χ3v) is 4.60. The Kier molecular flexibility index (Phi) is 6.24. The molecule has 3 nitrogen and oxygen atoms in total. The molecule has 1 aliphatic carbocycles. The fourth-order valence-electron chi connectivity index (χ4n) is 3.28. The van der Waals surface area contributed by atoms with Crippen molar-refractivity contribution in [3.05, 3.63) is 35.4 Å². The average Bonchev–Trinajstić information content (AvgIpc) is 2.53. The highest BCUT2D eigenvalue weighted by Crippen LogP contribution is 2.26. The van der Waals surface area contributed by atoms with E-state index in [1.54, 1.807) is 0 Å². The van der Waals surface area contributed by atoms with Crippen molar-refractivity contribution in [1.82, 2.24) is 10.6 Å². The fraction of sp³-hybridized carbons (Fsp3) is 0.611. The van der Waals surface area contributed by atoms with E-state index in [-0.39, 0.29) is 5.91 Å². The number of benzene rings is 1. The number of carbonyl (C=O) groups is 1. The van der Waals surface area contributed by atoms with Crippen molar-refractivity contribution in [1.29, 1.82) is 0 Å². The Morgan fingerprint density at radius 1 is 1.29 bits per heavy atom. The molecule has 0 spiro atoms. The van der Waals surface area contributed by atoms with Crippen molar-refractivity contribution < 1.29 is 4.79 Å². The van der Waals surface area contributed by atoms with Gasteiger partial charge in [0, 0.05) is 11.6 Å². The maximum atomic E-state index is 12.6. The minimum absolute atomic E-state index is 0.100. The van der Waals surface area contributed by atoms with E-state index in [0.29, 0.717) is 6.04 Å². The maximum absolute atomic E-state index is 12.6. The molecule has 1 amide bonds. The minimum atomic E-state index is 0.100. The van der Waals surface area contributed by atoms with Crippen LogP contribution in [0.25, 0.3) is 0 Å². The molecule has 2 unspecified atom stereocenters. The van der Waals surface area contributed by atoms with E-state index < -0.39 is 0 Å². The molecule has 0 heterocycles. The van der Waals surface area contributed by atoms with Crippen LogP contribution in [0.3, 0.4) is 0 Å². The van der Waals surface area contributed by atoms with Crippen LogP contribution >= 0.6 is 0 Å². The molecule has 21 heavy (non-hydrogen) atoms. The first-order valence-electron chi connectivity index (χ1n) is 8.28. The third-order valence-electron chi connectivity index (χ3n) is 4.60. The number of carbonyl (C=O) groups excluding carboxylic acids is 1. The smallest absolute Gasteiger partial charge is 0.251 e. The molecule has 0 saturated heterocycles. The van der Waals surface area contributed by atoms with E-state index in [4.69, 9.17) is 0 Å². The number of hydrogen-bond acceptors (Lipinski definition) is 2. The van der Waals surface area contributed by atoms with Crippen LogP contribution in [-0.2, 0) is 6.42 Å². The maximum Gasteiger partial charge on any atom is 0.251 e. The average molecular weight is 288 g/mol. The van der Waals surface area contributed by atoms with Crippen LogP contribution in [0.4, 0.5) is 0 Å². The Balaban J connectivity index is 1.99. The van der Waals surface area contributed by atoms with E-state index in [1.807, 2.05) is 25.2 Å². The minimum Gasteiger partial charge on any atom is -0.349 e. The van der Waals surface area contributed by atoms with Gasteiger partial charge in [0.05, 0.1) is 0 Å². The van der Waals surface area contributed by atoms with Gasteiger partial charge in [-0.2, -0.15) is 0 Å². The van der Waals surface area contributed by atoms with Crippen LogP contribution in [0.5, 0.6) is 0 Å². The first kappa shape index (κ1) is 16.0. The summed E-state index contributed by atoms with van der Waals surface area (Å²) in [4.78, 5) is 12.6. The Morgan fingerprint density at radius 3 is 2.86 bits per heavy atom. The normalized spacial score (nSPS) is 22.0. The van der Waals surface area contributed by atoms with Crippen molar-refractivity contribution >= 4 is 5.91 Å². The summed E-state index contributed by atoms with van der Waals surface area (Å²) in [6, 6.07) is 8.32. The Morgan fingerprint density at radius 2 is 2.10 bits per heavy atom. The lowest BCUT2D eigenvalue weighted by molar-refractivity contribution is 0.0918. The highest BCUT2D eigenvalue weighted by Gasteiger charge is 2.23. The molecule has 0 aromatic heterocycles. The molecule has 1 fully saturated rings. The second kappa shape index (κ2) is 8.18. The molecule has 0 bridgehead atoms. The highest BCUT2D eigenvalue weighted by atomic mass is 16.1. The van der Waals surface area contributed by atoms with Crippen LogP contribution in [0, 0.1) is 5.92 Å². The van der Waals surface area contributed by atoms with E-state index in [1.165, 1.54) is 19.3 Å². The van der Waals surface area contributed by atoms with Gasteiger partial charge in [-0.05, 0) is 50.4 Å². The topological polar surface area (TPSA) is 41.1 Å². The molecule has 1 aromatic carbocycles. The number of likely N-dealkylation sites (N-methyl/N-ethyl adjacent to an activating group) is 1. The molecule has 3 heteroatoms. The Hall–Kier alpha value is -1.35. The highest BCUT2D eigenvalue weighted by molar-refractivity contribution is 5.95. The lowest BCUT2D eigenvalue weighted by Gasteiger charge is -2.29. The Bertz CT molecular complexity index is 458. The monoisotopic (exact) mass is 288 g/mol. The second-order valence-electron chi connectivity index (χ2n) is 6.12. The molecule has 1 saturated carbocycles. The molecule has 2 atom stereocenters. The zero-order chi connectivity index (χ0) is 15.1. The summed E-state index contributed by atoms with van der Waals surface area (Å²) in [5.74, 6) is 0.882. The number of amides is 1. The van der Waals surface area contributed by atoms with Gasteiger partial charge in [0.25, 0.3) is 5.91 Å². The quantitative estimate of drug-likeness (QED) is 0.844. The SMILES string of the molecule is CCC1CCCC(NC(=O)c2ccccc2CCNC)C1. The Labute approximate surface area is 128 Å². The van der Waals surface area contributed by atoms with Crippen molar-refractivity contribution in [2.45, 2.75) is 51.5 Å². The largest absolute Gasteiger partial charge is 0.349 e. The number of hydrogen-bond donors (Lipinski definition) is 2. The van der Waals surface area contributed by atoms with Gasteiger partial charge in [-0.15, -0.1) is 0 Å². The van der Waals surface area contributed by atoms with E-state index in [0.717, 1.165) is 42.9 Å². The number of nitrogens with one attached hydrogen (secondary N) is 2. The van der Waals surface area contributed by atoms with Gasteiger partial charge in [0.2, 0.25) is 0 Å². The lowest BCUT2D eigenvalue weighted by atomic mass is 9.84. The summed E-state index contributed by atoms with van der Waals surface area (Å²) >= 11 is 0. The molecule has 0 aliphatic heterocycles. The van der Waals surface area contributed by atoms with E-state index in [9.17, 15) is 4.79 Å². The van der Waals surface area contributed by atoms with Crippen LogP contribution < -0.4 is 10.6 Å². The van der Waals surface area contributed by atoms with Crippen LogP contribution in [-0.4, -0.2) is 25.5 Å². The molecular weight excluding hydrogens is 260 g/mol. The van der Waals surface area contributed by atoms with Gasteiger partial charge in [-0.1, -0.05) is 44.4 Å². The van der Waals surface area contributed by atoms with Crippen molar-refractivity contribution in [3.63, 3.8) is 0 Å². The summed E-state index contributed by atoms with van der Waals surface area (Å²) in [5.41, 5.74) is 1.97. The van der Waals surface area contributed by atoms with Gasteiger partial charge >= 0.3 is 0 Å². The first-order chi connectivity index (χ1) is 10.2. The number of rotatable bonds is 6. The molecule has 2 rings (SSSR count). The zero-order valence-electron chi connectivity index (χ0n) is 13.3. The zero-order valence-corrected chi connectivity index (χ0v) is 13.3.